The number of alkyl halides is 3. The molecule has 12 heteroatoms. The highest BCUT2D eigenvalue weighted by molar-refractivity contribution is 8.38. The normalized spacial score (nSPS) is 18.4. The average Bonchev–Trinajstić information content (AvgIpc) is 3.60. The second kappa shape index (κ2) is 8.70. The number of hydrogen-bond donors (Lipinski definition) is 0. The molecule has 2 aromatic rings. The van der Waals surface area contributed by atoms with Gasteiger partial charge >= 0.3 is 6.18 Å². The van der Waals surface area contributed by atoms with E-state index in [1.807, 2.05) is 11.1 Å². The third-order valence-corrected chi connectivity index (χ3v) is 7.78. The van der Waals surface area contributed by atoms with Gasteiger partial charge in [-0.25, -0.2) is 4.68 Å². The van der Waals surface area contributed by atoms with Gasteiger partial charge in [0.15, 0.2) is 4.38 Å². The molecule has 0 amide bonds. The Morgan fingerprint density at radius 2 is 2.09 bits per heavy atom. The van der Waals surface area contributed by atoms with E-state index in [9.17, 15) is 23.2 Å². The van der Waals surface area contributed by atoms with Crippen molar-refractivity contribution < 1.29 is 17.9 Å². The van der Waals surface area contributed by atoms with Gasteiger partial charge in [0.05, 0.1) is 54.9 Å². The van der Waals surface area contributed by atoms with Gasteiger partial charge in [-0.1, -0.05) is 29.6 Å². The highest BCUT2D eigenvalue weighted by atomic mass is 32.2. The highest BCUT2D eigenvalue weighted by Crippen LogP contribution is 2.42. The second-order valence-electron chi connectivity index (χ2n) is 8.06. The van der Waals surface area contributed by atoms with Crippen LogP contribution in [0.2, 0.25) is 0 Å². The number of benzene rings is 1. The predicted octanol–water partition coefficient (Wildman–Crippen LogP) is 4.06. The van der Waals surface area contributed by atoms with Crippen LogP contribution in [0.15, 0.2) is 39.2 Å². The summed E-state index contributed by atoms with van der Waals surface area (Å²) in [5.74, 6) is 0.535. The molecule has 0 spiro atoms. The lowest BCUT2D eigenvalue weighted by molar-refractivity contribution is -0.137. The first-order valence-electron chi connectivity index (χ1n) is 10.3. The van der Waals surface area contributed by atoms with E-state index in [-0.39, 0.29) is 28.8 Å². The Morgan fingerprint density at radius 1 is 1.30 bits per heavy atom. The second-order valence-corrected chi connectivity index (χ2v) is 10.3. The number of thioether (sulfide) groups is 2. The molecule has 1 aromatic heterocycles. The Bertz CT molecular complexity index is 1220. The van der Waals surface area contributed by atoms with E-state index in [0.717, 1.165) is 25.0 Å². The minimum Gasteiger partial charge on any atom is -0.381 e. The fraction of sp³-hybridized carbons (Fsp3) is 0.429. The van der Waals surface area contributed by atoms with Gasteiger partial charge in [-0.15, -0.1) is 0 Å². The van der Waals surface area contributed by atoms with Gasteiger partial charge in [0, 0.05) is 11.7 Å². The number of fused-ring (bicyclic) bond motifs is 1. The van der Waals surface area contributed by atoms with Crippen molar-refractivity contribution in [2.45, 2.75) is 42.3 Å². The highest BCUT2D eigenvalue weighted by Gasteiger charge is 2.36. The van der Waals surface area contributed by atoms with Crippen LogP contribution in [0.5, 0.6) is 0 Å². The summed E-state index contributed by atoms with van der Waals surface area (Å²) < 4.78 is 46.2. The molecule has 0 N–H and O–H groups in total. The molecule has 1 aromatic carbocycles. The fourth-order valence-corrected chi connectivity index (χ4v) is 5.60. The zero-order valence-corrected chi connectivity index (χ0v) is 18.8. The Kier molecular flexibility index (Phi) is 5.88. The van der Waals surface area contributed by atoms with E-state index in [1.54, 1.807) is 6.20 Å². The lowest BCUT2D eigenvalue weighted by Crippen LogP contribution is -2.38. The summed E-state index contributed by atoms with van der Waals surface area (Å²) in [5.41, 5.74) is 0.114. The van der Waals surface area contributed by atoms with Gasteiger partial charge in [0.25, 0.3) is 5.56 Å². The number of anilines is 1. The number of hydrazone groups is 1. The molecule has 1 aliphatic carbocycles. The number of rotatable bonds is 5. The maximum Gasteiger partial charge on any atom is 0.416 e. The van der Waals surface area contributed by atoms with Crippen LogP contribution >= 0.6 is 23.5 Å². The Balaban J connectivity index is 1.38. The SMILES string of the molecule is N#Cc1cc(C(F)(F)F)ccc1CSC1=NN(C2CC2)c2cnn(CC3COC3)c(=O)c2S1. The molecule has 3 heterocycles. The molecule has 33 heavy (non-hydrogen) atoms. The summed E-state index contributed by atoms with van der Waals surface area (Å²) in [5, 5.41) is 20.2. The Morgan fingerprint density at radius 3 is 2.73 bits per heavy atom. The van der Waals surface area contributed by atoms with Crippen LogP contribution in [0, 0.1) is 17.2 Å². The minimum absolute atomic E-state index is 0.0209. The van der Waals surface area contributed by atoms with Crippen molar-refractivity contribution >= 4 is 33.6 Å². The van der Waals surface area contributed by atoms with Gasteiger partial charge in [-0.2, -0.15) is 28.6 Å². The molecule has 2 fully saturated rings. The molecule has 0 radical (unpaired) electrons. The Hall–Kier alpha value is -2.49. The molecular formula is C21H18F3N5O2S2. The van der Waals surface area contributed by atoms with Crippen LogP contribution in [0.3, 0.4) is 0 Å². The molecular weight excluding hydrogens is 475 g/mol. The summed E-state index contributed by atoms with van der Waals surface area (Å²) in [7, 11) is 0. The first-order chi connectivity index (χ1) is 15.8. The maximum atomic E-state index is 13.1. The van der Waals surface area contributed by atoms with Gasteiger partial charge in [0.1, 0.15) is 4.90 Å². The smallest absolute Gasteiger partial charge is 0.381 e. The molecule has 5 rings (SSSR count). The summed E-state index contributed by atoms with van der Waals surface area (Å²) >= 11 is 2.54. The third kappa shape index (κ3) is 4.62. The van der Waals surface area contributed by atoms with Crippen LogP contribution in [-0.2, 0) is 23.2 Å². The van der Waals surface area contributed by atoms with E-state index in [0.29, 0.717) is 40.3 Å². The van der Waals surface area contributed by atoms with E-state index in [4.69, 9.17) is 4.74 Å². The average molecular weight is 494 g/mol. The molecule has 3 aliphatic rings. The molecule has 0 unspecified atom stereocenters. The maximum absolute atomic E-state index is 13.1. The van der Waals surface area contributed by atoms with Crippen molar-refractivity contribution in [3.05, 3.63) is 51.4 Å². The van der Waals surface area contributed by atoms with Crippen LogP contribution in [0.25, 0.3) is 0 Å². The first-order valence-corrected chi connectivity index (χ1v) is 12.1. The molecule has 2 aliphatic heterocycles. The minimum atomic E-state index is -4.51. The zero-order chi connectivity index (χ0) is 23.2. The number of nitriles is 1. The fourth-order valence-electron chi connectivity index (χ4n) is 3.51. The van der Waals surface area contributed by atoms with Crippen molar-refractivity contribution in [1.82, 2.24) is 9.78 Å². The number of aromatic nitrogens is 2. The summed E-state index contributed by atoms with van der Waals surface area (Å²) in [4.78, 5) is 13.7. The van der Waals surface area contributed by atoms with E-state index in [1.165, 1.54) is 34.3 Å². The van der Waals surface area contributed by atoms with E-state index < -0.39 is 11.7 Å². The third-order valence-electron chi connectivity index (χ3n) is 5.55. The molecule has 7 nitrogen and oxygen atoms in total. The van der Waals surface area contributed by atoms with E-state index in [2.05, 4.69) is 10.2 Å². The van der Waals surface area contributed by atoms with Crippen LogP contribution in [-0.4, -0.2) is 33.4 Å². The number of ether oxygens (including phenoxy) is 1. The van der Waals surface area contributed by atoms with Crippen molar-refractivity contribution in [1.29, 1.82) is 5.26 Å². The molecule has 0 bridgehead atoms. The summed E-state index contributed by atoms with van der Waals surface area (Å²) in [6.45, 7) is 1.72. The van der Waals surface area contributed by atoms with Crippen molar-refractivity contribution in [3.63, 3.8) is 0 Å². The van der Waals surface area contributed by atoms with Gasteiger partial charge in [-0.05, 0) is 30.5 Å². The molecule has 0 atom stereocenters. The van der Waals surface area contributed by atoms with Crippen molar-refractivity contribution in [2.75, 3.05) is 18.2 Å². The van der Waals surface area contributed by atoms with Gasteiger partial charge in [0.2, 0.25) is 0 Å². The van der Waals surface area contributed by atoms with Gasteiger partial charge < -0.3 is 4.74 Å². The molecule has 1 saturated heterocycles. The largest absolute Gasteiger partial charge is 0.416 e. The topological polar surface area (TPSA) is 83.5 Å². The quantitative estimate of drug-likeness (QED) is 0.621. The van der Waals surface area contributed by atoms with Crippen molar-refractivity contribution in [2.24, 2.45) is 11.0 Å². The molecule has 172 valence electrons. The van der Waals surface area contributed by atoms with Crippen LogP contribution in [0.1, 0.15) is 29.5 Å². The standard InChI is InChI=1S/C21H18F3N5O2S2/c22-21(23,24)15-2-1-13(14(5-15)6-25)11-32-20-27-29(16-3-4-16)17-7-26-28(8-12-9-31-10-12)19(30)18(17)33-20/h1-2,5,7,12,16H,3-4,8-11H2. The monoisotopic (exact) mass is 493 g/mol. The van der Waals surface area contributed by atoms with Gasteiger partial charge in [-0.3, -0.25) is 9.80 Å². The number of hydrogen-bond acceptors (Lipinski definition) is 8. The van der Waals surface area contributed by atoms with E-state index >= 15 is 0 Å². The number of nitrogens with zero attached hydrogens (tertiary/aromatic N) is 5. The van der Waals surface area contributed by atoms with Crippen LogP contribution < -0.4 is 10.6 Å². The number of halogens is 3. The summed E-state index contributed by atoms with van der Waals surface area (Å²) in [6, 6.07) is 5.23. The summed E-state index contributed by atoms with van der Waals surface area (Å²) in [6.07, 6.45) is -0.901. The lowest BCUT2D eigenvalue weighted by Gasteiger charge is -2.28. The molecule has 1 saturated carbocycles. The first kappa shape index (κ1) is 22.3. The predicted molar refractivity (Wildman–Crippen MR) is 119 cm³/mol. The lowest BCUT2D eigenvalue weighted by atomic mass is 10.1. The van der Waals surface area contributed by atoms with Crippen LogP contribution in [0.4, 0.5) is 18.9 Å². The van der Waals surface area contributed by atoms with Crippen molar-refractivity contribution in [3.8, 4) is 6.07 Å². The Labute approximate surface area is 195 Å². The zero-order valence-electron chi connectivity index (χ0n) is 17.2.